The maximum absolute atomic E-state index is 12.7. The zero-order chi connectivity index (χ0) is 18.8. The molecule has 0 saturated heterocycles. The molecule has 0 atom stereocenters. The molecule has 0 spiro atoms. The van der Waals surface area contributed by atoms with Crippen LogP contribution in [0.25, 0.3) is 22.2 Å². The van der Waals surface area contributed by atoms with Crippen LogP contribution in [-0.2, 0) is 4.79 Å². The van der Waals surface area contributed by atoms with Crippen LogP contribution in [0.5, 0.6) is 5.75 Å². The number of fused-ring (bicyclic) bond motifs is 1. The van der Waals surface area contributed by atoms with Crippen LogP contribution >= 0.6 is 0 Å². The number of methoxy groups -OCH3 is 1. The third kappa shape index (κ3) is 3.06. The van der Waals surface area contributed by atoms with Gasteiger partial charge in [-0.15, -0.1) is 0 Å². The Labute approximate surface area is 158 Å². The van der Waals surface area contributed by atoms with Gasteiger partial charge in [0.1, 0.15) is 5.75 Å². The fourth-order valence-electron chi connectivity index (χ4n) is 3.33. The Hall–Kier alpha value is -3.53. The van der Waals surface area contributed by atoms with Crippen molar-refractivity contribution in [3.63, 3.8) is 0 Å². The highest BCUT2D eigenvalue weighted by molar-refractivity contribution is 5.97. The zero-order valence-corrected chi connectivity index (χ0v) is 15.3. The van der Waals surface area contributed by atoms with E-state index in [1.54, 1.807) is 19.0 Å². The molecule has 3 aromatic carbocycles. The second-order valence-corrected chi connectivity index (χ2v) is 6.30. The highest BCUT2D eigenvalue weighted by atomic mass is 16.5. The molecule has 0 N–H and O–H groups in total. The molecule has 4 nitrogen and oxygen atoms in total. The molecule has 4 heteroatoms. The number of carbonyl (C=O) groups is 1. The summed E-state index contributed by atoms with van der Waals surface area (Å²) in [4.78, 5) is 12.7. The molecule has 0 aliphatic carbocycles. The molecule has 4 rings (SSSR count). The second-order valence-electron chi connectivity index (χ2n) is 6.30. The predicted molar refractivity (Wildman–Crippen MR) is 109 cm³/mol. The summed E-state index contributed by atoms with van der Waals surface area (Å²) in [6.45, 7) is 1.58. The van der Waals surface area contributed by atoms with Gasteiger partial charge in [0.2, 0.25) is 5.91 Å². The van der Waals surface area contributed by atoms with Gasteiger partial charge in [-0.2, -0.15) is 0 Å². The second kappa shape index (κ2) is 7.00. The van der Waals surface area contributed by atoms with Crippen molar-refractivity contribution in [1.29, 1.82) is 0 Å². The minimum Gasteiger partial charge on any atom is -0.497 e. The van der Waals surface area contributed by atoms with E-state index in [9.17, 15) is 4.79 Å². The number of carbonyl (C=O) groups excluding carboxylic acids is 1. The van der Waals surface area contributed by atoms with Crippen molar-refractivity contribution in [2.24, 2.45) is 0 Å². The summed E-state index contributed by atoms with van der Waals surface area (Å²) in [5, 5.41) is 2.74. The Morgan fingerprint density at radius 2 is 1.56 bits per heavy atom. The van der Waals surface area contributed by atoms with Gasteiger partial charge in [-0.1, -0.05) is 48.5 Å². The number of nitrogens with zero attached hydrogens (tertiary/aromatic N) is 2. The van der Waals surface area contributed by atoms with Crippen LogP contribution in [0.2, 0.25) is 0 Å². The number of hydrogen-bond donors (Lipinski definition) is 0. The largest absolute Gasteiger partial charge is 0.497 e. The normalized spacial score (nSPS) is 10.7. The van der Waals surface area contributed by atoms with Gasteiger partial charge >= 0.3 is 0 Å². The molecule has 134 valence electrons. The van der Waals surface area contributed by atoms with Crippen molar-refractivity contribution >= 4 is 22.5 Å². The topological polar surface area (TPSA) is 34.5 Å². The van der Waals surface area contributed by atoms with E-state index in [1.165, 1.54) is 0 Å². The first kappa shape index (κ1) is 16.9. The summed E-state index contributed by atoms with van der Waals surface area (Å²) in [6, 6.07) is 27.7. The number of ether oxygens (including phenoxy) is 1. The number of amides is 1. The molecule has 1 heterocycles. The summed E-state index contributed by atoms with van der Waals surface area (Å²) in [6.07, 6.45) is 0. The molecule has 4 aromatic rings. The average molecular weight is 356 g/mol. The number of rotatable bonds is 4. The number of anilines is 1. The first-order valence-electron chi connectivity index (χ1n) is 8.80. The summed E-state index contributed by atoms with van der Waals surface area (Å²) >= 11 is 0. The molecule has 1 amide bonds. The maximum atomic E-state index is 12.7. The van der Waals surface area contributed by atoms with Crippen LogP contribution in [0.1, 0.15) is 6.92 Å². The fraction of sp³-hybridized carbons (Fsp3) is 0.0870. The Morgan fingerprint density at radius 1 is 0.889 bits per heavy atom. The van der Waals surface area contributed by atoms with E-state index in [4.69, 9.17) is 4.74 Å². The van der Waals surface area contributed by atoms with E-state index in [0.29, 0.717) is 0 Å². The minimum atomic E-state index is -0.0706. The van der Waals surface area contributed by atoms with Gasteiger partial charge in [0, 0.05) is 23.9 Å². The van der Waals surface area contributed by atoms with Gasteiger partial charge in [0.25, 0.3) is 0 Å². The van der Waals surface area contributed by atoms with Gasteiger partial charge in [-0.05, 0) is 30.3 Å². The highest BCUT2D eigenvalue weighted by Gasteiger charge is 2.21. The SMILES string of the molecule is COc1ccc2cc(-c3ccccc3)n(N(C(C)=O)c3ccccc3)c2c1. The number of benzene rings is 3. The zero-order valence-electron chi connectivity index (χ0n) is 15.3. The molecule has 0 aliphatic heterocycles. The van der Waals surface area contributed by atoms with Crippen molar-refractivity contribution in [2.75, 3.05) is 12.1 Å². The van der Waals surface area contributed by atoms with Crippen molar-refractivity contribution in [3.05, 3.63) is 84.9 Å². The predicted octanol–water partition coefficient (Wildman–Crippen LogP) is 5.13. The highest BCUT2D eigenvalue weighted by Crippen LogP contribution is 2.33. The number of para-hydroxylation sites is 1. The molecule has 0 radical (unpaired) electrons. The third-order valence-corrected chi connectivity index (χ3v) is 4.55. The molecule has 0 fully saturated rings. The fourth-order valence-corrected chi connectivity index (χ4v) is 3.33. The molecule has 0 unspecified atom stereocenters. The lowest BCUT2D eigenvalue weighted by molar-refractivity contribution is -0.117. The minimum absolute atomic E-state index is 0.0706. The van der Waals surface area contributed by atoms with Crippen molar-refractivity contribution in [2.45, 2.75) is 6.92 Å². The Bertz CT molecular complexity index is 1090. The van der Waals surface area contributed by atoms with Crippen molar-refractivity contribution in [1.82, 2.24) is 4.68 Å². The van der Waals surface area contributed by atoms with Gasteiger partial charge in [0.05, 0.1) is 24.0 Å². The quantitative estimate of drug-likeness (QED) is 0.508. The molecule has 1 aromatic heterocycles. The van der Waals surface area contributed by atoms with Crippen LogP contribution < -0.4 is 9.75 Å². The van der Waals surface area contributed by atoms with E-state index >= 15 is 0 Å². The smallest absolute Gasteiger partial charge is 0.243 e. The van der Waals surface area contributed by atoms with Crippen molar-refractivity contribution < 1.29 is 9.53 Å². The summed E-state index contributed by atoms with van der Waals surface area (Å²) in [5.74, 6) is 0.678. The van der Waals surface area contributed by atoms with E-state index < -0.39 is 0 Å². The van der Waals surface area contributed by atoms with E-state index in [0.717, 1.165) is 33.6 Å². The maximum Gasteiger partial charge on any atom is 0.243 e. The Kier molecular flexibility index (Phi) is 4.38. The average Bonchev–Trinajstić information content (AvgIpc) is 3.08. The van der Waals surface area contributed by atoms with Gasteiger partial charge in [0.15, 0.2) is 0 Å². The lowest BCUT2D eigenvalue weighted by Crippen LogP contribution is -2.34. The lowest BCUT2D eigenvalue weighted by atomic mass is 10.1. The third-order valence-electron chi connectivity index (χ3n) is 4.55. The molecule has 0 saturated carbocycles. The Morgan fingerprint density at radius 3 is 2.19 bits per heavy atom. The summed E-state index contributed by atoms with van der Waals surface area (Å²) in [7, 11) is 1.65. The van der Waals surface area contributed by atoms with Gasteiger partial charge < -0.3 is 4.74 Å². The van der Waals surface area contributed by atoms with Crippen LogP contribution in [0, 0.1) is 0 Å². The van der Waals surface area contributed by atoms with Crippen LogP contribution in [0.3, 0.4) is 0 Å². The number of aromatic nitrogens is 1. The van der Waals surface area contributed by atoms with Gasteiger partial charge in [-0.25, -0.2) is 9.69 Å². The number of hydrogen-bond acceptors (Lipinski definition) is 2. The standard InChI is InChI=1S/C23H20N2O2/c1-17(26)24(20-11-7-4-8-12-20)25-22(18-9-5-3-6-10-18)15-19-13-14-21(27-2)16-23(19)25/h3-16H,1-2H3. The summed E-state index contributed by atoms with van der Waals surface area (Å²) < 4.78 is 7.38. The Balaban J connectivity index is 2.05. The summed E-state index contributed by atoms with van der Waals surface area (Å²) in [5.41, 5.74) is 3.70. The van der Waals surface area contributed by atoms with Crippen LogP contribution in [0.4, 0.5) is 5.69 Å². The van der Waals surface area contributed by atoms with E-state index in [-0.39, 0.29) is 5.91 Å². The molecule has 0 bridgehead atoms. The van der Waals surface area contributed by atoms with E-state index in [1.807, 2.05) is 83.5 Å². The van der Waals surface area contributed by atoms with Crippen LogP contribution in [-0.4, -0.2) is 17.7 Å². The van der Waals surface area contributed by atoms with Gasteiger partial charge in [-0.3, -0.25) is 4.79 Å². The van der Waals surface area contributed by atoms with Crippen LogP contribution in [0.15, 0.2) is 84.9 Å². The molecular weight excluding hydrogens is 336 g/mol. The first-order chi connectivity index (χ1) is 13.2. The molecular formula is C23H20N2O2. The molecule has 0 aliphatic rings. The first-order valence-corrected chi connectivity index (χ1v) is 8.80. The molecule has 27 heavy (non-hydrogen) atoms. The monoisotopic (exact) mass is 356 g/mol. The van der Waals surface area contributed by atoms with Crippen molar-refractivity contribution in [3.8, 4) is 17.0 Å². The lowest BCUT2D eigenvalue weighted by Gasteiger charge is -2.26. The van der Waals surface area contributed by atoms with E-state index in [2.05, 4.69) is 6.07 Å².